The zero-order valence-electron chi connectivity index (χ0n) is 10.6. The van der Waals surface area contributed by atoms with Crippen LogP contribution in [0.3, 0.4) is 0 Å². The van der Waals surface area contributed by atoms with E-state index in [1.54, 1.807) is 4.52 Å². The van der Waals surface area contributed by atoms with Crippen LogP contribution in [0, 0.1) is 6.92 Å². The molecule has 2 heterocycles. The number of pyridine rings is 1. The van der Waals surface area contributed by atoms with E-state index in [9.17, 15) is 5.11 Å². The summed E-state index contributed by atoms with van der Waals surface area (Å²) in [7, 11) is 0. The third kappa shape index (κ3) is 2.06. The maximum atomic E-state index is 10.3. The van der Waals surface area contributed by atoms with E-state index in [1.165, 1.54) is 0 Å². The van der Waals surface area contributed by atoms with E-state index in [2.05, 4.69) is 15.4 Å². The standard InChI is InChI=1S/C13H18N4O/c1-10-5-4-6-11-15-12(16-17(10)11)14-9-13(18)7-2-3-8-13/h4-6,18H,2-3,7-9H2,1H3,(H,14,16). The van der Waals surface area contributed by atoms with Crippen LogP contribution in [0.2, 0.25) is 0 Å². The lowest BCUT2D eigenvalue weighted by Crippen LogP contribution is -2.33. The number of aliphatic hydroxyl groups is 1. The summed E-state index contributed by atoms with van der Waals surface area (Å²) >= 11 is 0. The molecule has 0 aliphatic heterocycles. The molecule has 0 atom stereocenters. The SMILES string of the molecule is Cc1cccc2nc(NCC3(O)CCCC3)nn12. The van der Waals surface area contributed by atoms with Crippen LogP contribution in [-0.4, -0.2) is 31.9 Å². The van der Waals surface area contributed by atoms with E-state index >= 15 is 0 Å². The van der Waals surface area contributed by atoms with Gasteiger partial charge in [0.1, 0.15) is 0 Å². The smallest absolute Gasteiger partial charge is 0.243 e. The summed E-state index contributed by atoms with van der Waals surface area (Å²) in [5, 5.41) is 17.8. The summed E-state index contributed by atoms with van der Waals surface area (Å²) in [6.07, 6.45) is 3.95. The largest absolute Gasteiger partial charge is 0.388 e. The molecule has 1 fully saturated rings. The van der Waals surface area contributed by atoms with Gasteiger partial charge in [0, 0.05) is 12.2 Å². The van der Waals surface area contributed by atoms with Gasteiger partial charge in [0.25, 0.3) is 0 Å². The third-order valence-electron chi connectivity index (χ3n) is 3.66. The lowest BCUT2D eigenvalue weighted by Gasteiger charge is -2.21. The maximum absolute atomic E-state index is 10.3. The Bertz CT molecular complexity index is 557. The van der Waals surface area contributed by atoms with Gasteiger partial charge in [0.2, 0.25) is 5.95 Å². The van der Waals surface area contributed by atoms with Crippen LogP contribution < -0.4 is 5.32 Å². The number of fused-ring (bicyclic) bond motifs is 1. The Balaban J connectivity index is 1.77. The first-order valence-electron chi connectivity index (χ1n) is 6.45. The molecule has 5 nitrogen and oxygen atoms in total. The molecule has 0 saturated heterocycles. The molecule has 1 aliphatic carbocycles. The molecule has 1 saturated carbocycles. The number of nitrogens with one attached hydrogen (secondary N) is 1. The lowest BCUT2D eigenvalue weighted by molar-refractivity contribution is 0.0613. The van der Waals surface area contributed by atoms with Crippen molar-refractivity contribution < 1.29 is 5.11 Å². The molecule has 2 aromatic rings. The molecule has 96 valence electrons. The molecule has 0 bridgehead atoms. The van der Waals surface area contributed by atoms with Gasteiger partial charge >= 0.3 is 0 Å². The maximum Gasteiger partial charge on any atom is 0.243 e. The van der Waals surface area contributed by atoms with Crippen LogP contribution in [0.5, 0.6) is 0 Å². The molecule has 18 heavy (non-hydrogen) atoms. The van der Waals surface area contributed by atoms with Gasteiger partial charge in [-0.25, -0.2) is 4.52 Å². The van der Waals surface area contributed by atoms with Crippen LogP contribution in [0.15, 0.2) is 18.2 Å². The molecule has 2 N–H and O–H groups in total. The Labute approximate surface area is 106 Å². The summed E-state index contributed by atoms with van der Waals surface area (Å²) < 4.78 is 1.81. The number of hydrogen-bond donors (Lipinski definition) is 2. The Kier molecular flexibility index (Phi) is 2.70. The van der Waals surface area contributed by atoms with Gasteiger partial charge in [-0.15, -0.1) is 5.10 Å². The van der Waals surface area contributed by atoms with E-state index in [0.717, 1.165) is 37.0 Å². The van der Waals surface area contributed by atoms with E-state index < -0.39 is 5.60 Å². The second-order valence-corrected chi connectivity index (χ2v) is 5.16. The van der Waals surface area contributed by atoms with Crippen molar-refractivity contribution in [3.05, 3.63) is 23.9 Å². The van der Waals surface area contributed by atoms with E-state index in [-0.39, 0.29) is 0 Å². The number of rotatable bonds is 3. The minimum atomic E-state index is -0.577. The van der Waals surface area contributed by atoms with Crippen molar-refractivity contribution in [3.63, 3.8) is 0 Å². The number of hydrogen-bond acceptors (Lipinski definition) is 4. The molecule has 0 aromatic carbocycles. The van der Waals surface area contributed by atoms with Crippen LogP contribution >= 0.6 is 0 Å². The zero-order valence-corrected chi connectivity index (χ0v) is 10.6. The molecular weight excluding hydrogens is 228 g/mol. The number of anilines is 1. The molecule has 0 amide bonds. The Hall–Kier alpha value is -1.62. The topological polar surface area (TPSA) is 62.5 Å². The van der Waals surface area contributed by atoms with Gasteiger partial charge in [0.05, 0.1) is 5.60 Å². The average Bonchev–Trinajstić information content (AvgIpc) is 2.94. The van der Waals surface area contributed by atoms with Gasteiger partial charge in [0.15, 0.2) is 5.65 Å². The predicted molar refractivity (Wildman–Crippen MR) is 69.6 cm³/mol. The highest BCUT2D eigenvalue weighted by molar-refractivity contribution is 5.44. The number of aromatic nitrogens is 3. The Morgan fingerprint density at radius 1 is 1.39 bits per heavy atom. The van der Waals surface area contributed by atoms with Gasteiger partial charge < -0.3 is 10.4 Å². The highest BCUT2D eigenvalue weighted by atomic mass is 16.3. The summed E-state index contributed by atoms with van der Waals surface area (Å²) in [4.78, 5) is 4.40. The Morgan fingerprint density at radius 3 is 2.89 bits per heavy atom. The molecule has 0 unspecified atom stereocenters. The van der Waals surface area contributed by atoms with Crippen molar-refractivity contribution in [3.8, 4) is 0 Å². The summed E-state index contributed by atoms with van der Waals surface area (Å²) in [5.74, 6) is 0.588. The van der Waals surface area contributed by atoms with Crippen molar-refractivity contribution in [2.45, 2.75) is 38.2 Å². The zero-order chi connectivity index (χ0) is 12.6. The molecule has 1 aliphatic rings. The van der Waals surface area contributed by atoms with Gasteiger partial charge in [-0.2, -0.15) is 4.98 Å². The molecule has 5 heteroatoms. The van der Waals surface area contributed by atoms with Crippen molar-refractivity contribution in [2.75, 3.05) is 11.9 Å². The monoisotopic (exact) mass is 246 g/mol. The van der Waals surface area contributed by atoms with E-state index in [1.807, 2.05) is 25.1 Å². The van der Waals surface area contributed by atoms with Crippen molar-refractivity contribution in [2.24, 2.45) is 0 Å². The first-order valence-corrected chi connectivity index (χ1v) is 6.45. The minimum Gasteiger partial charge on any atom is -0.388 e. The van der Waals surface area contributed by atoms with Crippen LogP contribution in [0.1, 0.15) is 31.4 Å². The fourth-order valence-corrected chi connectivity index (χ4v) is 2.56. The third-order valence-corrected chi connectivity index (χ3v) is 3.66. The summed E-state index contributed by atoms with van der Waals surface area (Å²) in [6.45, 7) is 2.53. The number of aryl methyl sites for hydroxylation is 1. The van der Waals surface area contributed by atoms with Gasteiger partial charge in [-0.1, -0.05) is 18.9 Å². The Morgan fingerprint density at radius 2 is 2.17 bits per heavy atom. The van der Waals surface area contributed by atoms with E-state index in [4.69, 9.17) is 0 Å². The van der Waals surface area contributed by atoms with Gasteiger partial charge in [-0.3, -0.25) is 0 Å². The van der Waals surface area contributed by atoms with Crippen LogP contribution in [0.25, 0.3) is 5.65 Å². The molecule has 2 aromatic heterocycles. The van der Waals surface area contributed by atoms with Crippen molar-refractivity contribution in [1.29, 1.82) is 0 Å². The van der Waals surface area contributed by atoms with Gasteiger partial charge in [-0.05, 0) is 31.9 Å². The summed E-state index contributed by atoms with van der Waals surface area (Å²) in [5.41, 5.74) is 1.30. The normalized spacial score (nSPS) is 18.3. The fourth-order valence-electron chi connectivity index (χ4n) is 2.56. The highest BCUT2D eigenvalue weighted by Gasteiger charge is 2.31. The number of nitrogens with zero attached hydrogens (tertiary/aromatic N) is 3. The van der Waals surface area contributed by atoms with Crippen LogP contribution in [-0.2, 0) is 0 Å². The second kappa shape index (κ2) is 4.24. The molecular formula is C13H18N4O. The average molecular weight is 246 g/mol. The molecule has 0 radical (unpaired) electrons. The quantitative estimate of drug-likeness (QED) is 0.866. The second-order valence-electron chi connectivity index (χ2n) is 5.16. The fraction of sp³-hybridized carbons (Fsp3) is 0.538. The first kappa shape index (κ1) is 11.5. The lowest BCUT2D eigenvalue weighted by atomic mass is 10.0. The highest BCUT2D eigenvalue weighted by Crippen LogP contribution is 2.29. The minimum absolute atomic E-state index is 0.531. The first-order chi connectivity index (χ1) is 8.66. The van der Waals surface area contributed by atoms with Crippen molar-refractivity contribution in [1.82, 2.24) is 14.6 Å². The predicted octanol–water partition coefficient (Wildman–Crippen LogP) is 1.75. The molecule has 0 spiro atoms. The van der Waals surface area contributed by atoms with E-state index in [0.29, 0.717) is 12.5 Å². The molecule has 3 rings (SSSR count). The summed E-state index contributed by atoms with van der Waals surface area (Å²) in [6, 6.07) is 5.89. The van der Waals surface area contributed by atoms with Crippen LogP contribution in [0.4, 0.5) is 5.95 Å². The van der Waals surface area contributed by atoms with Crippen molar-refractivity contribution >= 4 is 11.6 Å².